The van der Waals surface area contributed by atoms with Gasteiger partial charge in [0.25, 0.3) is 0 Å². The lowest BCUT2D eigenvalue weighted by molar-refractivity contribution is 0.0702. The van der Waals surface area contributed by atoms with Crippen LogP contribution in [0, 0.1) is 0 Å². The number of thiophene rings is 1. The molecule has 0 aliphatic carbocycles. The zero-order valence-electron chi connectivity index (χ0n) is 18.0. The van der Waals surface area contributed by atoms with Gasteiger partial charge in [-0.3, -0.25) is 0 Å². The number of carbonyl (C=O) groups is 1. The smallest absolute Gasteiger partial charge is 0.345 e. The highest BCUT2D eigenvalue weighted by atomic mass is 32.1. The van der Waals surface area contributed by atoms with Gasteiger partial charge >= 0.3 is 5.97 Å². The first-order chi connectivity index (χ1) is 14.6. The molecule has 2 aliphatic rings. The minimum absolute atomic E-state index is 0.338. The fourth-order valence-electron chi connectivity index (χ4n) is 4.14. The second-order valence-corrected chi connectivity index (χ2v) is 9.31. The predicted molar refractivity (Wildman–Crippen MR) is 124 cm³/mol. The van der Waals surface area contributed by atoms with Crippen LogP contribution < -0.4 is 10.5 Å². The molecular formula is C23H35N3O3S. The molecular weight excluding hydrogens is 398 g/mol. The number of rotatable bonds is 5. The summed E-state index contributed by atoms with van der Waals surface area (Å²) in [5.41, 5.74) is 5.92. The van der Waals surface area contributed by atoms with Crippen LogP contribution in [0.2, 0.25) is 0 Å². The van der Waals surface area contributed by atoms with Gasteiger partial charge in [-0.2, -0.15) is 0 Å². The summed E-state index contributed by atoms with van der Waals surface area (Å²) in [6.07, 6.45) is 8.08. The molecule has 3 N–H and O–H groups in total. The predicted octanol–water partition coefficient (Wildman–Crippen LogP) is 3.89. The van der Waals surface area contributed by atoms with Gasteiger partial charge in [-0.15, -0.1) is 11.3 Å². The van der Waals surface area contributed by atoms with E-state index in [2.05, 4.69) is 9.80 Å². The fraction of sp³-hybridized carbons (Fsp3) is 0.609. The number of hydrogen-bond donors (Lipinski definition) is 2. The molecule has 0 bridgehead atoms. The van der Waals surface area contributed by atoms with Gasteiger partial charge < -0.3 is 25.4 Å². The summed E-state index contributed by atoms with van der Waals surface area (Å²) < 4.78 is 6.07. The van der Waals surface area contributed by atoms with Gasteiger partial charge in [0.15, 0.2) is 0 Å². The highest BCUT2D eigenvalue weighted by Crippen LogP contribution is 2.32. The number of nitrogens with zero attached hydrogens (tertiary/aromatic N) is 2. The monoisotopic (exact) mass is 433 g/mol. The summed E-state index contributed by atoms with van der Waals surface area (Å²) in [6, 6.07) is 7.66. The Kier molecular flexibility index (Phi) is 8.93. The van der Waals surface area contributed by atoms with E-state index in [9.17, 15) is 4.79 Å². The van der Waals surface area contributed by atoms with Crippen molar-refractivity contribution >= 4 is 27.4 Å². The minimum Gasteiger partial charge on any atom is -0.496 e. The van der Waals surface area contributed by atoms with Gasteiger partial charge in [0.2, 0.25) is 0 Å². The summed E-state index contributed by atoms with van der Waals surface area (Å²) in [7, 11) is 1.58. The first-order valence-corrected chi connectivity index (χ1v) is 11.9. The summed E-state index contributed by atoms with van der Waals surface area (Å²) in [5, 5.41) is 9.68. The van der Waals surface area contributed by atoms with Crippen molar-refractivity contribution in [1.29, 1.82) is 0 Å². The molecule has 0 saturated carbocycles. The molecule has 1 aromatic heterocycles. The van der Waals surface area contributed by atoms with Crippen molar-refractivity contribution in [3.63, 3.8) is 0 Å². The number of likely N-dealkylation sites (tertiary alicyclic amines) is 2. The Bertz CT molecular complexity index is 794. The number of piperidine rings is 1. The standard InChI is InChI=1S/C13H27N3.C10H8O3S/c14-13-5-9-16(10-6-13)12-11-15-7-3-1-2-4-8-15;1-13-7-3-2-4-8-6(7)5-9(14-8)10(11)12/h13H,1-12,14H2;2-5H,1H3,(H,11,12). The minimum atomic E-state index is -0.895. The van der Waals surface area contributed by atoms with Crippen molar-refractivity contribution in [2.75, 3.05) is 46.4 Å². The molecule has 166 valence electrons. The van der Waals surface area contributed by atoms with E-state index in [0.717, 1.165) is 10.1 Å². The Morgan fingerprint density at radius 2 is 1.73 bits per heavy atom. The lowest BCUT2D eigenvalue weighted by Crippen LogP contribution is -2.43. The first kappa shape index (κ1) is 23.0. The Balaban J connectivity index is 0.000000172. The molecule has 6 nitrogen and oxygen atoms in total. The lowest BCUT2D eigenvalue weighted by Gasteiger charge is -2.32. The Morgan fingerprint density at radius 3 is 2.33 bits per heavy atom. The van der Waals surface area contributed by atoms with Crippen LogP contribution in [0.1, 0.15) is 48.2 Å². The number of fused-ring (bicyclic) bond motifs is 1. The molecule has 2 aromatic rings. The largest absolute Gasteiger partial charge is 0.496 e. The topological polar surface area (TPSA) is 79.0 Å². The second-order valence-electron chi connectivity index (χ2n) is 8.22. The van der Waals surface area contributed by atoms with E-state index in [-0.39, 0.29) is 0 Å². The molecule has 0 unspecified atom stereocenters. The second kappa shape index (κ2) is 11.6. The van der Waals surface area contributed by atoms with Gasteiger partial charge in [0.05, 0.1) is 7.11 Å². The van der Waals surface area contributed by atoms with Crippen LogP contribution in [0.4, 0.5) is 0 Å². The molecule has 0 spiro atoms. The molecule has 0 radical (unpaired) electrons. The Labute approximate surface area is 183 Å². The molecule has 1 aromatic carbocycles. The van der Waals surface area contributed by atoms with E-state index < -0.39 is 5.97 Å². The van der Waals surface area contributed by atoms with Crippen LogP contribution in [0.3, 0.4) is 0 Å². The van der Waals surface area contributed by atoms with Crippen molar-refractivity contribution in [3.8, 4) is 5.75 Å². The number of carboxylic acids is 1. The number of ether oxygens (including phenoxy) is 1. The Morgan fingerprint density at radius 1 is 1.10 bits per heavy atom. The fourth-order valence-corrected chi connectivity index (χ4v) is 5.05. The van der Waals surface area contributed by atoms with Crippen molar-refractivity contribution in [3.05, 3.63) is 29.1 Å². The van der Waals surface area contributed by atoms with Gasteiger partial charge in [-0.25, -0.2) is 4.79 Å². The third-order valence-corrected chi connectivity index (χ3v) is 7.10. The zero-order valence-corrected chi connectivity index (χ0v) is 18.8. The van der Waals surface area contributed by atoms with E-state index in [0.29, 0.717) is 16.7 Å². The maximum absolute atomic E-state index is 10.7. The number of methoxy groups -OCH3 is 1. The molecule has 7 heteroatoms. The summed E-state index contributed by atoms with van der Waals surface area (Å²) in [5.74, 6) is -0.181. The van der Waals surface area contributed by atoms with E-state index in [1.54, 1.807) is 13.2 Å². The molecule has 0 atom stereocenters. The average Bonchev–Trinajstić information content (AvgIpc) is 3.04. The third-order valence-electron chi connectivity index (χ3n) is 6.02. The van der Waals surface area contributed by atoms with Crippen LogP contribution in [0.15, 0.2) is 24.3 Å². The van der Waals surface area contributed by atoms with Crippen molar-refractivity contribution in [1.82, 2.24) is 9.80 Å². The quantitative estimate of drug-likeness (QED) is 0.745. The number of carboxylic acid groups (broad SMARTS) is 1. The van der Waals surface area contributed by atoms with Gasteiger partial charge in [-0.05, 0) is 70.1 Å². The zero-order chi connectivity index (χ0) is 21.3. The van der Waals surface area contributed by atoms with Crippen LogP contribution in [-0.2, 0) is 0 Å². The number of hydrogen-bond acceptors (Lipinski definition) is 6. The average molecular weight is 434 g/mol. The van der Waals surface area contributed by atoms with Gasteiger partial charge in [0.1, 0.15) is 10.6 Å². The lowest BCUT2D eigenvalue weighted by atomic mass is 10.1. The molecule has 2 aliphatic heterocycles. The highest BCUT2D eigenvalue weighted by molar-refractivity contribution is 7.20. The number of nitrogens with two attached hydrogens (primary N) is 1. The normalized spacial score (nSPS) is 19.1. The molecule has 3 heterocycles. The molecule has 4 rings (SSSR count). The molecule has 0 amide bonds. The van der Waals surface area contributed by atoms with E-state index >= 15 is 0 Å². The summed E-state index contributed by atoms with van der Waals surface area (Å²) in [6.45, 7) is 7.62. The molecule has 30 heavy (non-hydrogen) atoms. The SMILES string of the molecule is COc1cccc2sc(C(=O)O)cc12.NC1CCN(CCN2CCCCCC2)CC1. The van der Waals surface area contributed by atoms with Gasteiger partial charge in [0, 0.05) is 29.2 Å². The molecule has 2 saturated heterocycles. The van der Waals surface area contributed by atoms with Crippen LogP contribution in [-0.4, -0.2) is 73.3 Å². The third kappa shape index (κ3) is 6.67. The van der Waals surface area contributed by atoms with Crippen LogP contribution in [0.25, 0.3) is 10.1 Å². The van der Waals surface area contributed by atoms with E-state index in [1.165, 1.54) is 89.1 Å². The van der Waals surface area contributed by atoms with E-state index in [1.807, 2.05) is 18.2 Å². The van der Waals surface area contributed by atoms with Crippen molar-refractivity contribution in [2.45, 2.75) is 44.6 Å². The van der Waals surface area contributed by atoms with Gasteiger partial charge in [-0.1, -0.05) is 18.9 Å². The highest BCUT2D eigenvalue weighted by Gasteiger charge is 2.17. The maximum Gasteiger partial charge on any atom is 0.345 e. The van der Waals surface area contributed by atoms with Crippen LogP contribution >= 0.6 is 11.3 Å². The van der Waals surface area contributed by atoms with E-state index in [4.69, 9.17) is 15.6 Å². The first-order valence-electron chi connectivity index (χ1n) is 11.1. The number of aromatic carboxylic acids is 1. The van der Waals surface area contributed by atoms with Crippen molar-refractivity contribution < 1.29 is 14.6 Å². The van der Waals surface area contributed by atoms with Crippen molar-refractivity contribution in [2.24, 2.45) is 5.73 Å². The number of benzene rings is 1. The Hall–Kier alpha value is -1.67. The summed E-state index contributed by atoms with van der Waals surface area (Å²) >= 11 is 1.26. The maximum atomic E-state index is 10.7. The molecule has 2 fully saturated rings. The van der Waals surface area contributed by atoms with Crippen LogP contribution in [0.5, 0.6) is 5.75 Å². The summed E-state index contributed by atoms with van der Waals surface area (Å²) in [4.78, 5) is 16.3.